The predicted molar refractivity (Wildman–Crippen MR) is 95.0 cm³/mol. The summed E-state index contributed by atoms with van der Waals surface area (Å²) in [7, 11) is 3.22. The third kappa shape index (κ3) is 4.51. The standard InChI is InChI=1S/C19H28N2O4/c1-23-13-19(22)20-18-12-21(15-6-8-25-9-7-15)11-17(18)14-4-3-5-16(10-14)24-2/h3-5,10,15,17-18H,6-9,11-13H2,1-2H3,(H,20,22)/t17-,18+/m0/s1. The maximum atomic E-state index is 12.1. The van der Waals surface area contributed by atoms with Gasteiger partial charge in [0, 0.05) is 51.4 Å². The minimum Gasteiger partial charge on any atom is -0.497 e. The Morgan fingerprint density at radius 3 is 2.80 bits per heavy atom. The van der Waals surface area contributed by atoms with Gasteiger partial charge < -0.3 is 19.5 Å². The second kappa shape index (κ2) is 8.65. The first-order valence-electron chi connectivity index (χ1n) is 8.95. The molecule has 6 nitrogen and oxygen atoms in total. The number of likely N-dealkylation sites (tertiary alicyclic amines) is 1. The van der Waals surface area contributed by atoms with Gasteiger partial charge in [0.15, 0.2) is 0 Å². The number of nitrogens with zero attached hydrogens (tertiary/aromatic N) is 1. The molecule has 0 aliphatic carbocycles. The smallest absolute Gasteiger partial charge is 0.246 e. The zero-order valence-corrected chi connectivity index (χ0v) is 15.1. The van der Waals surface area contributed by atoms with Crippen molar-refractivity contribution in [2.75, 3.05) is 47.1 Å². The van der Waals surface area contributed by atoms with Crippen molar-refractivity contribution < 1.29 is 19.0 Å². The molecule has 2 heterocycles. The zero-order valence-electron chi connectivity index (χ0n) is 15.1. The Kier molecular flexibility index (Phi) is 6.29. The first-order valence-corrected chi connectivity index (χ1v) is 8.95. The van der Waals surface area contributed by atoms with E-state index in [2.05, 4.69) is 22.3 Å². The Bertz CT molecular complexity index is 574. The first-order chi connectivity index (χ1) is 12.2. The quantitative estimate of drug-likeness (QED) is 0.842. The van der Waals surface area contributed by atoms with Gasteiger partial charge in [-0.1, -0.05) is 12.1 Å². The van der Waals surface area contributed by atoms with Crippen molar-refractivity contribution in [3.63, 3.8) is 0 Å². The van der Waals surface area contributed by atoms with Crippen LogP contribution in [-0.2, 0) is 14.3 Å². The molecule has 0 radical (unpaired) electrons. The van der Waals surface area contributed by atoms with E-state index < -0.39 is 0 Å². The van der Waals surface area contributed by atoms with E-state index in [0.717, 1.165) is 44.9 Å². The van der Waals surface area contributed by atoms with E-state index in [1.807, 2.05) is 12.1 Å². The van der Waals surface area contributed by atoms with Gasteiger partial charge in [0.1, 0.15) is 12.4 Å². The number of amides is 1. The summed E-state index contributed by atoms with van der Waals surface area (Å²) in [6.45, 7) is 3.55. The van der Waals surface area contributed by atoms with Gasteiger partial charge in [-0.2, -0.15) is 0 Å². The second-order valence-electron chi connectivity index (χ2n) is 6.79. The van der Waals surface area contributed by atoms with E-state index in [-0.39, 0.29) is 24.5 Å². The van der Waals surface area contributed by atoms with Gasteiger partial charge >= 0.3 is 0 Å². The van der Waals surface area contributed by atoms with Crippen LogP contribution in [-0.4, -0.2) is 70.0 Å². The van der Waals surface area contributed by atoms with E-state index in [1.54, 1.807) is 14.2 Å². The third-order valence-corrected chi connectivity index (χ3v) is 5.20. The lowest BCUT2D eigenvalue weighted by atomic mass is 9.94. The van der Waals surface area contributed by atoms with E-state index >= 15 is 0 Å². The number of carbonyl (C=O) groups is 1. The van der Waals surface area contributed by atoms with Gasteiger partial charge in [0.05, 0.1) is 7.11 Å². The lowest BCUT2D eigenvalue weighted by Gasteiger charge is -2.31. The number of methoxy groups -OCH3 is 2. The number of benzene rings is 1. The van der Waals surface area contributed by atoms with Crippen molar-refractivity contribution in [3.8, 4) is 5.75 Å². The molecule has 0 spiro atoms. The normalized spacial score (nSPS) is 25.0. The van der Waals surface area contributed by atoms with Gasteiger partial charge in [-0.05, 0) is 30.5 Å². The van der Waals surface area contributed by atoms with Crippen molar-refractivity contribution in [2.45, 2.75) is 30.8 Å². The molecule has 2 aliphatic heterocycles. The van der Waals surface area contributed by atoms with Crippen LogP contribution in [0, 0.1) is 0 Å². The SMILES string of the molecule is COCC(=O)N[C@@H]1CN(C2CCOCC2)C[C@H]1c1cccc(OC)c1. The Morgan fingerprint density at radius 1 is 1.28 bits per heavy atom. The molecule has 0 bridgehead atoms. The molecule has 1 N–H and O–H groups in total. The molecule has 0 unspecified atom stereocenters. The van der Waals surface area contributed by atoms with Crippen molar-refractivity contribution in [2.24, 2.45) is 0 Å². The second-order valence-corrected chi connectivity index (χ2v) is 6.79. The molecule has 0 aromatic heterocycles. The number of ether oxygens (including phenoxy) is 3. The highest BCUT2D eigenvalue weighted by Crippen LogP contribution is 2.32. The highest BCUT2D eigenvalue weighted by Gasteiger charge is 2.38. The van der Waals surface area contributed by atoms with E-state index in [4.69, 9.17) is 14.2 Å². The zero-order chi connectivity index (χ0) is 17.6. The summed E-state index contributed by atoms with van der Waals surface area (Å²) in [6.07, 6.45) is 2.12. The summed E-state index contributed by atoms with van der Waals surface area (Å²) in [5, 5.41) is 3.16. The fraction of sp³-hybridized carbons (Fsp3) is 0.632. The van der Waals surface area contributed by atoms with E-state index in [0.29, 0.717) is 6.04 Å². The molecular weight excluding hydrogens is 320 g/mol. The molecule has 2 atom stereocenters. The van der Waals surface area contributed by atoms with Crippen LogP contribution in [0.4, 0.5) is 0 Å². The molecule has 1 amide bonds. The molecule has 138 valence electrons. The number of hydrogen-bond acceptors (Lipinski definition) is 5. The lowest BCUT2D eigenvalue weighted by molar-refractivity contribution is -0.125. The van der Waals surface area contributed by atoms with E-state index in [1.165, 1.54) is 5.56 Å². The number of nitrogens with one attached hydrogen (secondary N) is 1. The summed E-state index contributed by atoms with van der Waals surface area (Å²) in [4.78, 5) is 14.6. The van der Waals surface area contributed by atoms with Gasteiger partial charge in [0.25, 0.3) is 0 Å². The Hall–Kier alpha value is -1.63. The Labute approximate surface area is 149 Å². The van der Waals surface area contributed by atoms with Crippen LogP contribution in [0.1, 0.15) is 24.3 Å². The van der Waals surface area contributed by atoms with Crippen molar-refractivity contribution in [1.82, 2.24) is 10.2 Å². The number of rotatable bonds is 6. The topological polar surface area (TPSA) is 60.0 Å². The van der Waals surface area contributed by atoms with Crippen LogP contribution in [0.15, 0.2) is 24.3 Å². The van der Waals surface area contributed by atoms with Crippen LogP contribution in [0.3, 0.4) is 0 Å². The molecule has 2 fully saturated rings. The maximum absolute atomic E-state index is 12.1. The maximum Gasteiger partial charge on any atom is 0.246 e. The lowest BCUT2D eigenvalue weighted by Crippen LogP contribution is -2.43. The molecule has 1 aromatic rings. The van der Waals surface area contributed by atoms with Gasteiger partial charge in [-0.25, -0.2) is 0 Å². The van der Waals surface area contributed by atoms with Crippen LogP contribution in [0.5, 0.6) is 5.75 Å². The van der Waals surface area contributed by atoms with Crippen LogP contribution in [0.2, 0.25) is 0 Å². The summed E-state index contributed by atoms with van der Waals surface area (Å²) < 4.78 is 15.8. The largest absolute Gasteiger partial charge is 0.497 e. The number of carbonyl (C=O) groups excluding carboxylic acids is 1. The molecule has 6 heteroatoms. The highest BCUT2D eigenvalue weighted by molar-refractivity contribution is 5.77. The van der Waals surface area contributed by atoms with Gasteiger partial charge in [0.2, 0.25) is 5.91 Å². The molecule has 3 rings (SSSR count). The van der Waals surface area contributed by atoms with Crippen LogP contribution in [0.25, 0.3) is 0 Å². The third-order valence-electron chi connectivity index (χ3n) is 5.20. The average Bonchev–Trinajstić information content (AvgIpc) is 3.06. The summed E-state index contributed by atoms with van der Waals surface area (Å²) >= 11 is 0. The monoisotopic (exact) mass is 348 g/mol. The molecule has 2 aliphatic rings. The molecule has 0 saturated carbocycles. The Morgan fingerprint density at radius 2 is 2.08 bits per heavy atom. The highest BCUT2D eigenvalue weighted by atomic mass is 16.5. The van der Waals surface area contributed by atoms with E-state index in [9.17, 15) is 4.79 Å². The minimum atomic E-state index is -0.0609. The summed E-state index contributed by atoms with van der Waals surface area (Å²) in [5.41, 5.74) is 1.21. The van der Waals surface area contributed by atoms with Crippen molar-refractivity contribution >= 4 is 5.91 Å². The van der Waals surface area contributed by atoms with Crippen molar-refractivity contribution in [1.29, 1.82) is 0 Å². The first kappa shape index (κ1) is 18.2. The fourth-order valence-electron chi connectivity index (χ4n) is 3.92. The van der Waals surface area contributed by atoms with Gasteiger partial charge in [-0.3, -0.25) is 9.69 Å². The van der Waals surface area contributed by atoms with Gasteiger partial charge in [-0.15, -0.1) is 0 Å². The van der Waals surface area contributed by atoms with Crippen molar-refractivity contribution in [3.05, 3.63) is 29.8 Å². The Balaban J connectivity index is 1.76. The van der Waals surface area contributed by atoms with Crippen LogP contribution < -0.4 is 10.1 Å². The molecule has 1 aromatic carbocycles. The summed E-state index contributed by atoms with van der Waals surface area (Å²) in [6, 6.07) is 8.78. The average molecular weight is 348 g/mol. The molecule has 2 saturated heterocycles. The molecule has 25 heavy (non-hydrogen) atoms. The fourth-order valence-corrected chi connectivity index (χ4v) is 3.92. The predicted octanol–water partition coefficient (Wildman–Crippen LogP) is 1.40. The minimum absolute atomic E-state index is 0.0609. The summed E-state index contributed by atoms with van der Waals surface area (Å²) in [5.74, 6) is 1.04. The van der Waals surface area contributed by atoms with Crippen LogP contribution >= 0.6 is 0 Å². The molecular formula is C19H28N2O4. The number of hydrogen-bond donors (Lipinski definition) is 1.